The molecule has 0 spiro atoms. The molecule has 0 amide bonds. The first kappa shape index (κ1) is 12.7. The Morgan fingerprint density at radius 1 is 1.39 bits per heavy atom. The van der Waals surface area contributed by atoms with E-state index in [0.29, 0.717) is 21.8 Å². The number of hydrogen-bond donors (Lipinski definition) is 1. The Bertz CT molecular complexity index is 542. The van der Waals surface area contributed by atoms with Crippen LogP contribution in [0, 0.1) is 6.92 Å². The minimum absolute atomic E-state index is 0.00373. The van der Waals surface area contributed by atoms with E-state index in [1.165, 1.54) is 18.1 Å². The number of nitrogens with zero attached hydrogens (tertiary/aromatic N) is 3. The number of nitrogen functional groups attached to an aromatic ring is 1. The molecule has 0 unspecified atom stereocenters. The highest BCUT2D eigenvalue weighted by Gasteiger charge is 2.14. The zero-order valence-electron chi connectivity index (χ0n) is 10.4. The summed E-state index contributed by atoms with van der Waals surface area (Å²) in [5, 5.41) is 1.07. The van der Waals surface area contributed by atoms with E-state index in [9.17, 15) is 0 Å². The van der Waals surface area contributed by atoms with Gasteiger partial charge < -0.3 is 14.9 Å². The van der Waals surface area contributed by atoms with Crippen molar-refractivity contribution in [2.75, 3.05) is 5.73 Å². The molecule has 7 heteroatoms. The predicted octanol–water partition coefficient (Wildman–Crippen LogP) is 2.29. The van der Waals surface area contributed by atoms with Gasteiger partial charge in [0.15, 0.2) is 0 Å². The van der Waals surface area contributed by atoms with E-state index < -0.39 is 0 Å². The summed E-state index contributed by atoms with van der Waals surface area (Å²) in [5.74, 6) is 0.380. The molecule has 0 radical (unpaired) electrons. The summed E-state index contributed by atoms with van der Waals surface area (Å²) in [7, 11) is 0. The highest BCUT2D eigenvalue weighted by molar-refractivity contribution is 7.99. The molecule has 6 nitrogen and oxygen atoms in total. The van der Waals surface area contributed by atoms with Crippen LogP contribution < -0.4 is 10.5 Å². The first-order valence-corrected chi connectivity index (χ1v) is 6.25. The molecule has 0 aliphatic rings. The largest absolute Gasteiger partial charge is 0.473 e. The van der Waals surface area contributed by atoms with E-state index in [2.05, 4.69) is 15.0 Å². The Balaban J connectivity index is 2.23. The summed E-state index contributed by atoms with van der Waals surface area (Å²) in [6, 6.07) is 0. The van der Waals surface area contributed by atoms with Gasteiger partial charge in [-0.2, -0.15) is 4.98 Å². The standard InChI is InChI=1S/C11H14N4O2S/c1-6(2)17-9-8(12)10(14-5-13-9)18-11-15-7(3)4-16-11/h4-6H,12H2,1-3H3. The van der Waals surface area contributed by atoms with Crippen LogP contribution in [0.2, 0.25) is 0 Å². The average molecular weight is 266 g/mol. The smallest absolute Gasteiger partial charge is 0.262 e. The Kier molecular flexibility index (Phi) is 3.71. The number of oxazole rings is 1. The number of hydrogen-bond acceptors (Lipinski definition) is 7. The third kappa shape index (κ3) is 2.92. The van der Waals surface area contributed by atoms with Gasteiger partial charge in [-0.25, -0.2) is 9.97 Å². The van der Waals surface area contributed by atoms with Crippen LogP contribution in [-0.2, 0) is 0 Å². The van der Waals surface area contributed by atoms with Gasteiger partial charge in [0.05, 0.1) is 11.8 Å². The minimum Gasteiger partial charge on any atom is -0.473 e. The van der Waals surface area contributed by atoms with Crippen molar-refractivity contribution >= 4 is 17.4 Å². The molecule has 96 valence electrons. The van der Waals surface area contributed by atoms with Crippen molar-refractivity contribution in [3.05, 3.63) is 18.3 Å². The molecule has 0 atom stereocenters. The number of rotatable bonds is 4. The molecule has 2 heterocycles. The Hall–Kier alpha value is -1.76. The van der Waals surface area contributed by atoms with Gasteiger partial charge in [-0.15, -0.1) is 0 Å². The fraction of sp³-hybridized carbons (Fsp3) is 0.364. The van der Waals surface area contributed by atoms with Crippen LogP contribution in [0.4, 0.5) is 5.69 Å². The zero-order chi connectivity index (χ0) is 13.1. The number of nitrogens with two attached hydrogens (primary N) is 1. The van der Waals surface area contributed by atoms with Crippen molar-refractivity contribution < 1.29 is 9.15 Å². The maximum Gasteiger partial charge on any atom is 0.262 e. The summed E-state index contributed by atoms with van der Waals surface area (Å²) in [5.41, 5.74) is 7.15. The van der Waals surface area contributed by atoms with Crippen LogP contribution in [0.3, 0.4) is 0 Å². The quantitative estimate of drug-likeness (QED) is 0.849. The second kappa shape index (κ2) is 5.26. The summed E-state index contributed by atoms with van der Waals surface area (Å²) < 4.78 is 10.7. The van der Waals surface area contributed by atoms with E-state index >= 15 is 0 Å². The lowest BCUT2D eigenvalue weighted by atomic mass is 10.4. The van der Waals surface area contributed by atoms with Crippen LogP contribution in [0.15, 0.2) is 27.3 Å². The first-order valence-electron chi connectivity index (χ1n) is 5.43. The van der Waals surface area contributed by atoms with Gasteiger partial charge in [0.1, 0.15) is 23.3 Å². The van der Waals surface area contributed by atoms with Crippen molar-refractivity contribution in [3.63, 3.8) is 0 Å². The molecule has 0 saturated carbocycles. The molecule has 0 aromatic carbocycles. The molecule has 2 aromatic rings. The topological polar surface area (TPSA) is 87.1 Å². The lowest BCUT2D eigenvalue weighted by Gasteiger charge is -2.11. The van der Waals surface area contributed by atoms with Crippen molar-refractivity contribution in [2.24, 2.45) is 0 Å². The monoisotopic (exact) mass is 266 g/mol. The zero-order valence-corrected chi connectivity index (χ0v) is 11.2. The number of aromatic nitrogens is 3. The SMILES string of the molecule is Cc1coc(Sc2ncnc(OC(C)C)c2N)n1. The highest BCUT2D eigenvalue weighted by atomic mass is 32.2. The van der Waals surface area contributed by atoms with E-state index in [-0.39, 0.29) is 6.10 Å². The molecule has 0 aliphatic carbocycles. The fourth-order valence-electron chi connectivity index (χ4n) is 1.22. The Morgan fingerprint density at radius 2 is 2.17 bits per heavy atom. The van der Waals surface area contributed by atoms with Crippen molar-refractivity contribution in [1.82, 2.24) is 15.0 Å². The Morgan fingerprint density at radius 3 is 2.78 bits per heavy atom. The van der Waals surface area contributed by atoms with Gasteiger partial charge >= 0.3 is 0 Å². The van der Waals surface area contributed by atoms with E-state index in [1.807, 2.05) is 20.8 Å². The van der Waals surface area contributed by atoms with E-state index in [0.717, 1.165) is 5.69 Å². The van der Waals surface area contributed by atoms with Crippen LogP contribution in [0.25, 0.3) is 0 Å². The molecule has 0 fully saturated rings. The van der Waals surface area contributed by atoms with Crippen LogP contribution >= 0.6 is 11.8 Å². The van der Waals surface area contributed by atoms with E-state index in [4.69, 9.17) is 14.9 Å². The molecule has 0 saturated heterocycles. The lowest BCUT2D eigenvalue weighted by molar-refractivity contribution is 0.233. The Labute approximate surface area is 109 Å². The van der Waals surface area contributed by atoms with Crippen LogP contribution in [0.5, 0.6) is 5.88 Å². The highest BCUT2D eigenvalue weighted by Crippen LogP contribution is 2.33. The van der Waals surface area contributed by atoms with E-state index in [1.54, 1.807) is 6.26 Å². The first-order chi connectivity index (χ1) is 8.56. The molecule has 2 N–H and O–H groups in total. The normalized spacial score (nSPS) is 10.9. The number of aryl methyl sites for hydroxylation is 1. The van der Waals surface area contributed by atoms with Crippen LogP contribution in [-0.4, -0.2) is 21.1 Å². The van der Waals surface area contributed by atoms with Gasteiger partial charge in [0, 0.05) is 0 Å². The number of ether oxygens (including phenoxy) is 1. The van der Waals surface area contributed by atoms with Gasteiger partial charge in [-0.3, -0.25) is 0 Å². The van der Waals surface area contributed by atoms with Gasteiger partial charge in [-0.05, 0) is 32.5 Å². The summed E-state index contributed by atoms with van der Waals surface area (Å²) >= 11 is 1.24. The van der Waals surface area contributed by atoms with Gasteiger partial charge in [-0.1, -0.05) is 0 Å². The third-order valence-corrected chi connectivity index (χ3v) is 2.82. The summed E-state index contributed by atoms with van der Waals surface area (Å²) in [6.45, 7) is 5.67. The fourth-order valence-corrected chi connectivity index (χ4v) is 1.97. The second-order valence-electron chi connectivity index (χ2n) is 3.92. The third-order valence-electron chi connectivity index (χ3n) is 1.94. The maximum absolute atomic E-state index is 5.95. The molecule has 18 heavy (non-hydrogen) atoms. The second-order valence-corrected chi connectivity index (χ2v) is 4.86. The van der Waals surface area contributed by atoms with Crippen molar-refractivity contribution in [3.8, 4) is 5.88 Å². The average Bonchev–Trinajstić information content (AvgIpc) is 2.69. The molecule has 2 rings (SSSR count). The number of anilines is 1. The molecule has 0 bridgehead atoms. The molecule has 2 aromatic heterocycles. The lowest BCUT2D eigenvalue weighted by Crippen LogP contribution is -2.09. The van der Waals surface area contributed by atoms with Crippen molar-refractivity contribution in [1.29, 1.82) is 0 Å². The van der Waals surface area contributed by atoms with Crippen molar-refractivity contribution in [2.45, 2.75) is 37.1 Å². The predicted molar refractivity (Wildman–Crippen MR) is 67.6 cm³/mol. The van der Waals surface area contributed by atoms with Gasteiger partial charge in [0.25, 0.3) is 5.22 Å². The maximum atomic E-state index is 5.95. The molecular formula is C11H14N4O2S. The molecular weight excluding hydrogens is 252 g/mol. The summed E-state index contributed by atoms with van der Waals surface area (Å²) in [6.07, 6.45) is 2.99. The molecule has 0 aliphatic heterocycles. The minimum atomic E-state index is 0.00373. The van der Waals surface area contributed by atoms with Gasteiger partial charge in [0.2, 0.25) is 5.88 Å². The summed E-state index contributed by atoms with van der Waals surface area (Å²) in [4.78, 5) is 12.3. The van der Waals surface area contributed by atoms with Crippen LogP contribution in [0.1, 0.15) is 19.5 Å².